The number of hydrogen-bond donors (Lipinski definition) is 2. The fourth-order valence-electron chi connectivity index (χ4n) is 1.72. The Bertz CT molecular complexity index is 192. The Morgan fingerprint density at radius 3 is 2.50 bits per heavy atom. The first-order valence-electron chi connectivity index (χ1n) is 5.45. The molecule has 0 bridgehead atoms. The van der Waals surface area contributed by atoms with Gasteiger partial charge in [0.1, 0.15) is 0 Å². The molecule has 0 aromatic rings. The smallest absolute Gasteiger partial charge is 0.0667 e. The van der Waals surface area contributed by atoms with Crippen LogP contribution in [0.1, 0.15) is 33.6 Å². The number of hydrogen-bond acceptors (Lipinski definition) is 3. The Morgan fingerprint density at radius 1 is 1.57 bits per heavy atom. The molecule has 0 aromatic heterocycles. The van der Waals surface area contributed by atoms with Crippen molar-refractivity contribution in [2.24, 2.45) is 11.1 Å². The number of rotatable bonds is 6. The van der Waals surface area contributed by atoms with Gasteiger partial charge in [0.25, 0.3) is 0 Å². The van der Waals surface area contributed by atoms with Crippen LogP contribution >= 0.6 is 0 Å². The molecule has 0 saturated heterocycles. The molecule has 14 heavy (non-hydrogen) atoms. The highest BCUT2D eigenvalue weighted by molar-refractivity contribution is 5.08. The third kappa shape index (κ3) is 2.27. The second-order valence-electron chi connectivity index (χ2n) is 5.02. The minimum absolute atomic E-state index is 0.0692. The fraction of sp³-hybridized carbons (Fsp3) is 1.00. The maximum absolute atomic E-state index is 5.86. The zero-order valence-corrected chi connectivity index (χ0v) is 9.89. The predicted octanol–water partition coefficient (Wildman–Crippen LogP) is 1.13. The van der Waals surface area contributed by atoms with E-state index >= 15 is 0 Å². The minimum Gasteiger partial charge on any atom is -0.380 e. The summed E-state index contributed by atoms with van der Waals surface area (Å²) in [5.74, 6) is 0. The summed E-state index contributed by atoms with van der Waals surface area (Å²) in [5.41, 5.74) is 6.32. The van der Waals surface area contributed by atoms with E-state index in [0.717, 1.165) is 6.54 Å². The van der Waals surface area contributed by atoms with Crippen molar-refractivity contribution >= 4 is 0 Å². The summed E-state index contributed by atoms with van der Waals surface area (Å²) in [4.78, 5) is 0. The van der Waals surface area contributed by atoms with Gasteiger partial charge in [-0.2, -0.15) is 0 Å². The maximum Gasteiger partial charge on any atom is 0.0667 e. The van der Waals surface area contributed by atoms with Gasteiger partial charge in [-0.25, -0.2) is 0 Å². The highest BCUT2D eigenvalue weighted by Crippen LogP contribution is 2.53. The van der Waals surface area contributed by atoms with E-state index in [1.54, 1.807) is 7.11 Å². The lowest BCUT2D eigenvalue weighted by Crippen LogP contribution is -2.56. The molecule has 1 aliphatic carbocycles. The van der Waals surface area contributed by atoms with Crippen molar-refractivity contribution in [3.8, 4) is 0 Å². The Labute approximate surface area is 87.4 Å². The highest BCUT2D eigenvalue weighted by Gasteiger charge is 2.51. The maximum atomic E-state index is 5.86. The molecular weight excluding hydrogens is 176 g/mol. The van der Waals surface area contributed by atoms with E-state index in [-0.39, 0.29) is 11.6 Å². The third-order valence-corrected chi connectivity index (χ3v) is 3.92. The van der Waals surface area contributed by atoms with E-state index < -0.39 is 0 Å². The Balaban J connectivity index is 2.45. The van der Waals surface area contributed by atoms with Gasteiger partial charge in [-0.15, -0.1) is 0 Å². The molecule has 3 nitrogen and oxygen atoms in total. The summed E-state index contributed by atoms with van der Waals surface area (Å²) in [7, 11) is 1.74. The zero-order chi connectivity index (χ0) is 10.8. The van der Waals surface area contributed by atoms with E-state index in [9.17, 15) is 0 Å². The van der Waals surface area contributed by atoms with Crippen molar-refractivity contribution < 1.29 is 4.74 Å². The molecule has 0 radical (unpaired) electrons. The molecule has 2 atom stereocenters. The molecule has 1 saturated carbocycles. The van der Waals surface area contributed by atoms with Crippen LogP contribution in [0.25, 0.3) is 0 Å². The SMILES string of the molecule is COC(C)CNC(C)(CN)C1(C)CC1. The lowest BCUT2D eigenvalue weighted by atomic mass is 9.83. The molecule has 0 aliphatic heterocycles. The van der Waals surface area contributed by atoms with Gasteiger partial charge in [-0.3, -0.25) is 0 Å². The second-order valence-corrected chi connectivity index (χ2v) is 5.02. The lowest BCUT2D eigenvalue weighted by molar-refractivity contribution is 0.0992. The number of methoxy groups -OCH3 is 1. The van der Waals surface area contributed by atoms with Crippen molar-refractivity contribution in [1.29, 1.82) is 0 Å². The molecule has 2 unspecified atom stereocenters. The molecule has 1 aliphatic rings. The summed E-state index contributed by atoms with van der Waals surface area (Å²) in [6.07, 6.45) is 2.83. The van der Waals surface area contributed by atoms with Crippen LogP contribution in [0.2, 0.25) is 0 Å². The Hall–Kier alpha value is -0.120. The van der Waals surface area contributed by atoms with Crippen LogP contribution in [0.4, 0.5) is 0 Å². The quantitative estimate of drug-likeness (QED) is 0.675. The molecule has 84 valence electrons. The van der Waals surface area contributed by atoms with Gasteiger partial charge in [0.2, 0.25) is 0 Å². The van der Waals surface area contributed by atoms with Crippen molar-refractivity contribution in [2.45, 2.75) is 45.3 Å². The van der Waals surface area contributed by atoms with Crippen molar-refractivity contribution in [3.05, 3.63) is 0 Å². The molecule has 1 fully saturated rings. The van der Waals surface area contributed by atoms with Gasteiger partial charge in [0.15, 0.2) is 0 Å². The number of nitrogens with one attached hydrogen (secondary N) is 1. The standard InChI is InChI=1S/C11H24N2O/c1-9(14-4)7-13-11(3,8-12)10(2)5-6-10/h9,13H,5-8,12H2,1-4H3. The van der Waals surface area contributed by atoms with Gasteiger partial charge >= 0.3 is 0 Å². The monoisotopic (exact) mass is 200 g/mol. The van der Waals surface area contributed by atoms with E-state index in [0.29, 0.717) is 12.0 Å². The van der Waals surface area contributed by atoms with E-state index in [2.05, 4.69) is 26.1 Å². The number of nitrogens with two attached hydrogens (primary N) is 1. The second kappa shape index (κ2) is 4.17. The normalized spacial score (nSPS) is 25.5. The topological polar surface area (TPSA) is 47.3 Å². The van der Waals surface area contributed by atoms with Crippen molar-refractivity contribution in [2.75, 3.05) is 20.2 Å². The first kappa shape index (κ1) is 12.0. The molecule has 0 aromatic carbocycles. The summed E-state index contributed by atoms with van der Waals surface area (Å²) in [5, 5.41) is 3.55. The van der Waals surface area contributed by atoms with E-state index in [4.69, 9.17) is 10.5 Å². The molecule has 3 heteroatoms. The van der Waals surface area contributed by atoms with Gasteiger partial charge in [0, 0.05) is 25.7 Å². The van der Waals surface area contributed by atoms with Crippen LogP contribution in [0.15, 0.2) is 0 Å². The largest absolute Gasteiger partial charge is 0.380 e. The summed E-state index contributed by atoms with van der Waals surface area (Å²) >= 11 is 0. The average molecular weight is 200 g/mol. The highest BCUT2D eigenvalue weighted by atomic mass is 16.5. The fourth-order valence-corrected chi connectivity index (χ4v) is 1.72. The van der Waals surface area contributed by atoms with E-state index in [1.807, 2.05) is 0 Å². The molecule has 3 N–H and O–H groups in total. The van der Waals surface area contributed by atoms with Crippen LogP contribution in [-0.4, -0.2) is 31.8 Å². The van der Waals surface area contributed by atoms with Crippen LogP contribution in [0, 0.1) is 5.41 Å². The van der Waals surface area contributed by atoms with Crippen molar-refractivity contribution in [3.63, 3.8) is 0 Å². The van der Waals surface area contributed by atoms with Crippen LogP contribution in [0.3, 0.4) is 0 Å². The molecule has 0 amide bonds. The molecule has 0 spiro atoms. The first-order chi connectivity index (χ1) is 6.47. The average Bonchev–Trinajstić information content (AvgIpc) is 2.93. The minimum atomic E-state index is 0.0692. The van der Waals surface area contributed by atoms with Crippen molar-refractivity contribution in [1.82, 2.24) is 5.32 Å². The van der Waals surface area contributed by atoms with Gasteiger partial charge in [-0.1, -0.05) is 6.92 Å². The first-order valence-corrected chi connectivity index (χ1v) is 5.45. The lowest BCUT2D eigenvalue weighted by Gasteiger charge is -2.37. The third-order valence-electron chi connectivity index (χ3n) is 3.92. The van der Waals surface area contributed by atoms with Gasteiger partial charge in [-0.05, 0) is 32.1 Å². The van der Waals surface area contributed by atoms with Crippen LogP contribution in [0.5, 0.6) is 0 Å². The molecule has 1 rings (SSSR count). The Morgan fingerprint density at radius 2 is 2.14 bits per heavy atom. The number of ether oxygens (including phenoxy) is 1. The van der Waals surface area contributed by atoms with Gasteiger partial charge < -0.3 is 15.8 Å². The van der Waals surface area contributed by atoms with E-state index in [1.165, 1.54) is 12.8 Å². The van der Waals surface area contributed by atoms with Crippen LogP contribution in [-0.2, 0) is 4.74 Å². The molecule has 0 heterocycles. The zero-order valence-electron chi connectivity index (χ0n) is 9.89. The van der Waals surface area contributed by atoms with Crippen LogP contribution < -0.4 is 11.1 Å². The Kier molecular flexibility index (Phi) is 3.56. The van der Waals surface area contributed by atoms with Gasteiger partial charge in [0.05, 0.1) is 6.10 Å². The summed E-state index contributed by atoms with van der Waals surface area (Å²) in [6.45, 7) is 8.17. The summed E-state index contributed by atoms with van der Waals surface area (Å²) < 4.78 is 5.22. The molecular formula is C11H24N2O. The predicted molar refractivity (Wildman–Crippen MR) is 59.3 cm³/mol. The summed E-state index contributed by atoms with van der Waals surface area (Å²) in [6, 6.07) is 0.